The Labute approximate surface area is 107 Å². The van der Waals surface area contributed by atoms with Crippen molar-refractivity contribution in [1.82, 2.24) is 5.32 Å². The summed E-state index contributed by atoms with van der Waals surface area (Å²) >= 11 is 0. The van der Waals surface area contributed by atoms with Crippen LogP contribution in [-0.4, -0.2) is 5.54 Å². The van der Waals surface area contributed by atoms with Crippen molar-refractivity contribution < 1.29 is 0 Å². The Morgan fingerprint density at radius 1 is 1.18 bits per heavy atom. The van der Waals surface area contributed by atoms with Gasteiger partial charge >= 0.3 is 0 Å². The Bertz CT molecular complexity index is 303. The quantitative estimate of drug-likeness (QED) is 0.737. The third-order valence-corrected chi connectivity index (χ3v) is 3.81. The molecule has 1 heteroatoms. The molecule has 1 aromatic rings. The molecule has 0 aliphatic rings. The van der Waals surface area contributed by atoms with Crippen LogP contribution in [0.4, 0.5) is 0 Å². The van der Waals surface area contributed by atoms with Crippen LogP contribution in [-0.2, 0) is 6.54 Å². The van der Waals surface area contributed by atoms with Crippen LogP contribution < -0.4 is 5.32 Å². The molecule has 0 heterocycles. The number of hydrogen-bond acceptors (Lipinski definition) is 1. The second-order valence-corrected chi connectivity index (χ2v) is 5.60. The molecular weight excluding hydrogens is 206 g/mol. The molecule has 0 bridgehead atoms. The Morgan fingerprint density at radius 2 is 1.82 bits per heavy atom. The smallest absolute Gasteiger partial charge is 0.0210 e. The molecule has 0 radical (unpaired) electrons. The third-order valence-electron chi connectivity index (χ3n) is 3.81. The van der Waals surface area contributed by atoms with Gasteiger partial charge in [-0.3, -0.25) is 0 Å². The SMILES string of the molecule is CCCCC(C)C(C)(C)NCc1ccccc1. The van der Waals surface area contributed by atoms with Crippen molar-refractivity contribution in [3.8, 4) is 0 Å². The first-order valence-corrected chi connectivity index (χ1v) is 6.85. The van der Waals surface area contributed by atoms with Crippen molar-refractivity contribution in [2.24, 2.45) is 5.92 Å². The molecule has 17 heavy (non-hydrogen) atoms. The maximum absolute atomic E-state index is 3.68. The first kappa shape index (κ1) is 14.2. The van der Waals surface area contributed by atoms with Gasteiger partial charge in [0, 0.05) is 12.1 Å². The molecule has 1 N–H and O–H groups in total. The van der Waals surface area contributed by atoms with Crippen molar-refractivity contribution >= 4 is 0 Å². The molecule has 1 nitrogen and oxygen atoms in total. The molecule has 0 aliphatic carbocycles. The molecule has 1 unspecified atom stereocenters. The molecule has 0 saturated carbocycles. The van der Waals surface area contributed by atoms with Gasteiger partial charge in [-0.05, 0) is 31.7 Å². The zero-order chi connectivity index (χ0) is 12.7. The van der Waals surface area contributed by atoms with Crippen molar-refractivity contribution in [3.63, 3.8) is 0 Å². The summed E-state index contributed by atoms with van der Waals surface area (Å²) in [5.41, 5.74) is 1.58. The monoisotopic (exact) mass is 233 g/mol. The fourth-order valence-corrected chi connectivity index (χ4v) is 1.97. The van der Waals surface area contributed by atoms with E-state index in [0.29, 0.717) is 5.92 Å². The molecule has 0 aromatic heterocycles. The van der Waals surface area contributed by atoms with Crippen LogP contribution in [0.2, 0.25) is 0 Å². The highest BCUT2D eigenvalue weighted by molar-refractivity contribution is 5.14. The maximum Gasteiger partial charge on any atom is 0.0210 e. The van der Waals surface area contributed by atoms with Crippen LogP contribution in [0.1, 0.15) is 52.5 Å². The van der Waals surface area contributed by atoms with Gasteiger partial charge in [0.2, 0.25) is 0 Å². The fraction of sp³-hybridized carbons (Fsp3) is 0.625. The van der Waals surface area contributed by atoms with E-state index in [1.165, 1.54) is 24.8 Å². The molecule has 0 saturated heterocycles. The van der Waals surface area contributed by atoms with E-state index in [9.17, 15) is 0 Å². The summed E-state index contributed by atoms with van der Waals surface area (Å²) in [5, 5.41) is 3.68. The Balaban J connectivity index is 2.43. The Hall–Kier alpha value is -0.820. The molecule has 96 valence electrons. The zero-order valence-electron chi connectivity index (χ0n) is 11.8. The van der Waals surface area contributed by atoms with E-state index in [-0.39, 0.29) is 5.54 Å². The van der Waals surface area contributed by atoms with Gasteiger partial charge in [-0.2, -0.15) is 0 Å². The summed E-state index contributed by atoms with van der Waals surface area (Å²) in [4.78, 5) is 0. The van der Waals surface area contributed by atoms with Crippen molar-refractivity contribution in [3.05, 3.63) is 35.9 Å². The molecule has 1 rings (SSSR count). The van der Waals surface area contributed by atoms with Gasteiger partial charge in [0.1, 0.15) is 0 Å². The highest BCUT2D eigenvalue weighted by Gasteiger charge is 2.24. The molecule has 0 fully saturated rings. The van der Waals surface area contributed by atoms with Gasteiger partial charge in [-0.25, -0.2) is 0 Å². The number of benzene rings is 1. The third kappa shape index (κ3) is 4.91. The van der Waals surface area contributed by atoms with Gasteiger partial charge in [0.25, 0.3) is 0 Å². The second kappa shape index (κ2) is 6.80. The minimum Gasteiger partial charge on any atom is -0.307 e. The van der Waals surface area contributed by atoms with Gasteiger partial charge in [0.15, 0.2) is 0 Å². The van der Waals surface area contributed by atoms with Gasteiger partial charge in [0.05, 0.1) is 0 Å². The maximum atomic E-state index is 3.68. The van der Waals surface area contributed by atoms with Crippen LogP contribution in [0.15, 0.2) is 30.3 Å². The van der Waals surface area contributed by atoms with E-state index in [0.717, 1.165) is 6.54 Å². The lowest BCUT2D eigenvalue weighted by molar-refractivity contribution is 0.250. The predicted molar refractivity (Wildman–Crippen MR) is 76.0 cm³/mol. The van der Waals surface area contributed by atoms with E-state index >= 15 is 0 Å². The predicted octanol–water partition coefficient (Wildman–Crippen LogP) is 4.38. The number of nitrogens with one attached hydrogen (secondary N) is 1. The summed E-state index contributed by atoms with van der Waals surface area (Å²) in [7, 11) is 0. The summed E-state index contributed by atoms with van der Waals surface area (Å²) in [5.74, 6) is 0.714. The van der Waals surface area contributed by atoms with E-state index in [1.54, 1.807) is 0 Å². The molecule has 1 aromatic carbocycles. The fourth-order valence-electron chi connectivity index (χ4n) is 1.97. The molecule has 1 atom stereocenters. The zero-order valence-corrected chi connectivity index (χ0v) is 11.8. The van der Waals surface area contributed by atoms with Crippen molar-refractivity contribution in [2.45, 2.75) is 59.0 Å². The second-order valence-electron chi connectivity index (χ2n) is 5.60. The molecule has 0 amide bonds. The van der Waals surface area contributed by atoms with Crippen molar-refractivity contribution in [1.29, 1.82) is 0 Å². The summed E-state index contributed by atoms with van der Waals surface area (Å²) in [6.07, 6.45) is 3.93. The first-order chi connectivity index (χ1) is 8.06. The number of unbranched alkanes of at least 4 members (excludes halogenated alkanes) is 1. The average Bonchev–Trinajstić information content (AvgIpc) is 2.35. The van der Waals surface area contributed by atoms with Crippen LogP contribution >= 0.6 is 0 Å². The standard InChI is InChI=1S/C16H27N/c1-5-6-10-14(2)16(3,4)17-13-15-11-8-7-9-12-15/h7-9,11-12,14,17H,5-6,10,13H2,1-4H3. The summed E-state index contributed by atoms with van der Waals surface area (Å²) < 4.78 is 0. The topological polar surface area (TPSA) is 12.0 Å². The number of hydrogen-bond donors (Lipinski definition) is 1. The van der Waals surface area contributed by atoms with E-state index in [4.69, 9.17) is 0 Å². The van der Waals surface area contributed by atoms with Gasteiger partial charge in [-0.1, -0.05) is 57.0 Å². The largest absolute Gasteiger partial charge is 0.307 e. The lowest BCUT2D eigenvalue weighted by Gasteiger charge is -2.33. The lowest BCUT2D eigenvalue weighted by atomic mass is 9.85. The highest BCUT2D eigenvalue weighted by Crippen LogP contribution is 2.22. The summed E-state index contributed by atoms with van der Waals surface area (Å²) in [6.45, 7) is 10.2. The molecular formula is C16H27N. The Morgan fingerprint density at radius 3 is 2.41 bits per heavy atom. The van der Waals surface area contributed by atoms with E-state index in [2.05, 4.69) is 63.3 Å². The van der Waals surface area contributed by atoms with E-state index in [1.807, 2.05) is 0 Å². The summed E-state index contributed by atoms with van der Waals surface area (Å²) in [6, 6.07) is 10.6. The minimum absolute atomic E-state index is 0.213. The number of rotatable bonds is 7. The van der Waals surface area contributed by atoms with Gasteiger partial charge in [-0.15, -0.1) is 0 Å². The van der Waals surface area contributed by atoms with Crippen LogP contribution in [0, 0.1) is 5.92 Å². The average molecular weight is 233 g/mol. The first-order valence-electron chi connectivity index (χ1n) is 6.85. The van der Waals surface area contributed by atoms with Crippen molar-refractivity contribution in [2.75, 3.05) is 0 Å². The van der Waals surface area contributed by atoms with E-state index < -0.39 is 0 Å². The van der Waals surface area contributed by atoms with Crippen LogP contribution in [0.3, 0.4) is 0 Å². The molecule has 0 spiro atoms. The molecule has 0 aliphatic heterocycles. The van der Waals surface area contributed by atoms with Crippen LogP contribution in [0.25, 0.3) is 0 Å². The minimum atomic E-state index is 0.213. The normalized spacial score (nSPS) is 13.6. The Kier molecular flexibility index (Phi) is 5.70. The lowest BCUT2D eigenvalue weighted by Crippen LogP contribution is -2.44. The van der Waals surface area contributed by atoms with Crippen LogP contribution in [0.5, 0.6) is 0 Å². The highest BCUT2D eigenvalue weighted by atomic mass is 15.0. The van der Waals surface area contributed by atoms with Gasteiger partial charge < -0.3 is 5.32 Å².